The number of nitrogens with zero attached hydrogens (tertiary/aromatic N) is 2. The van der Waals surface area contributed by atoms with Crippen molar-refractivity contribution in [1.29, 1.82) is 0 Å². The van der Waals surface area contributed by atoms with E-state index in [1.165, 1.54) is 4.90 Å². The van der Waals surface area contributed by atoms with Gasteiger partial charge in [0, 0.05) is 24.7 Å². The Morgan fingerprint density at radius 1 is 1.57 bits per heavy atom. The number of nitrogens with one attached hydrogen (secondary N) is 1. The van der Waals surface area contributed by atoms with Gasteiger partial charge in [-0.25, -0.2) is 9.78 Å². The van der Waals surface area contributed by atoms with Crippen molar-refractivity contribution in [3.63, 3.8) is 0 Å². The molecule has 1 aromatic carbocycles. The Morgan fingerprint density at radius 3 is 3.00 bits per heavy atom. The van der Waals surface area contributed by atoms with Gasteiger partial charge in [-0.2, -0.15) is 0 Å². The van der Waals surface area contributed by atoms with Gasteiger partial charge in [0.05, 0.1) is 12.6 Å². The maximum atomic E-state index is 12.0. The van der Waals surface area contributed by atoms with Gasteiger partial charge in [-0.3, -0.25) is 0 Å². The number of likely N-dealkylation sites (N-methyl/N-ethyl adjacent to an activating group) is 1. The second kappa shape index (κ2) is 5.37. The number of fused-ring (bicyclic) bond motifs is 1. The lowest BCUT2D eigenvalue weighted by Gasteiger charge is -2.23. The molecule has 1 fully saturated rings. The van der Waals surface area contributed by atoms with E-state index in [1.807, 2.05) is 6.07 Å². The Kier molecular flexibility index (Phi) is 3.55. The number of anilines is 1. The van der Waals surface area contributed by atoms with Crippen LogP contribution in [0.4, 0.5) is 10.5 Å². The van der Waals surface area contributed by atoms with Crippen molar-refractivity contribution in [2.24, 2.45) is 0 Å². The fraction of sp³-hybridized carbons (Fsp3) is 0.467. The van der Waals surface area contributed by atoms with Crippen molar-refractivity contribution in [3.05, 3.63) is 24.1 Å². The maximum Gasteiger partial charge on any atom is 0.321 e. The second-order valence-electron chi connectivity index (χ2n) is 5.58. The van der Waals surface area contributed by atoms with Crippen LogP contribution in [0, 0.1) is 0 Å². The molecule has 6 heteroatoms. The van der Waals surface area contributed by atoms with Crippen LogP contribution in [-0.2, 0) is 0 Å². The van der Waals surface area contributed by atoms with Crippen LogP contribution in [0.2, 0.25) is 0 Å². The highest BCUT2D eigenvalue weighted by atomic mass is 16.3. The number of aliphatic hydroxyl groups excluding tert-OH is 1. The van der Waals surface area contributed by atoms with Crippen molar-refractivity contribution in [2.45, 2.75) is 31.7 Å². The van der Waals surface area contributed by atoms with E-state index in [0.717, 1.165) is 24.2 Å². The molecule has 1 atom stereocenters. The van der Waals surface area contributed by atoms with E-state index < -0.39 is 0 Å². The Labute approximate surface area is 122 Å². The van der Waals surface area contributed by atoms with Crippen molar-refractivity contribution in [3.8, 4) is 0 Å². The van der Waals surface area contributed by atoms with Crippen molar-refractivity contribution < 1.29 is 14.3 Å². The molecule has 2 amide bonds. The van der Waals surface area contributed by atoms with Crippen LogP contribution < -0.4 is 5.32 Å². The third kappa shape index (κ3) is 2.85. The number of aliphatic hydroxyl groups is 1. The lowest BCUT2D eigenvalue weighted by molar-refractivity contribution is 0.166. The highest BCUT2D eigenvalue weighted by Gasteiger charge is 2.28. The summed E-state index contributed by atoms with van der Waals surface area (Å²) in [5.74, 6) is 1.26. The molecule has 0 spiro atoms. The van der Waals surface area contributed by atoms with Gasteiger partial charge in [0.1, 0.15) is 5.52 Å². The molecule has 21 heavy (non-hydrogen) atoms. The average Bonchev–Trinajstić information content (AvgIpc) is 3.25. The normalized spacial score (nSPS) is 16.0. The second-order valence-corrected chi connectivity index (χ2v) is 5.58. The molecule has 3 rings (SSSR count). The van der Waals surface area contributed by atoms with Crippen LogP contribution in [0.25, 0.3) is 11.1 Å². The molecular weight excluding hydrogens is 270 g/mol. The van der Waals surface area contributed by atoms with Crippen molar-refractivity contribution in [1.82, 2.24) is 9.88 Å². The minimum atomic E-state index is -0.266. The summed E-state index contributed by atoms with van der Waals surface area (Å²) in [5.41, 5.74) is 2.16. The number of rotatable bonds is 4. The first-order valence-corrected chi connectivity index (χ1v) is 7.13. The SMILES string of the molecule is CC(CO)N(C)C(=O)Nc1ccc2nc(C3CC3)oc2c1. The number of hydrogen-bond acceptors (Lipinski definition) is 4. The molecule has 1 aliphatic carbocycles. The number of aromatic nitrogens is 1. The molecule has 2 aromatic rings. The smallest absolute Gasteiger partial charge is 0.321 e. The zero-order chi connectivity index (χ0) is 15.0. The van der Waals surface area contributed by atoms with Crippen LogP contribution >= 0.6 is 0 Å². The van der Waals surface area contributed by atoms with Crippen LogP contribution in [0.1, 0.15) is 31.6 Å². The number of urea groups is 1. The van der Waals surface area contributed by atoms with Gasteiger partial charge in [-0.05, 0) is 31.9 Å². The summed E-state index contributed by atoms with van der Waals surface area (Å²) in [6.45, 7) is 1.71. The summed E-state index contributed by atoms with van der Waals surface area (Å²) in [6, 6.07) is 4.93. The summed E-state index contributed by atoms with van der Waals surface area (Å²) in [4.78, 5) is 17.9. The standard InChI is InChI=1S/C15H19N3O3/c1-9(8-19)18(2)15(20)16-11-5-6-12-13(7-11)21-14(17-12)10-3-4-10/h5-7,9-10,19H,3-4,8H2,1-2H3,(H,16,20). The molecule has 1 aliphatic rings. The predicted octanol–water partition coefficient (Wildman–Crippen LogP) is 2.55. The number of hydrogen-bond donors (Lipinski definition) is 2. The van der Waals surface area contributed by atoms with Crippen LogP contribution in [0.15, 0.2) is 22.6 Å². The number of carbonyl (C=O) groups excluding carboxylic acids is 1. The first-order chi connectivity index (χ1) is 10.1. The molecule has 1 saturated carbocycles. The van der Waals surface area contributed by atoms with E-state index in [4.69, 9.17) is 9.52 Å². The van der Waals surface area contributed by atoms with E-state index >= 15 is 0 Å². The maximum absolute atomic E-state index is 12.0. The zero-order valence-corrected chi connectivity index (χ0v) is 12.2. The van der Waals surface area contributed by atoms with Gasteiger partial charge in [0.15, 0.2) is 11.5 Å². The Morgan fingerprint density at radius 2 is 2.33 bits per heavy atom. The van der Waals surface area contributed by atoms with E-state index in [9.17, 15) is 4.79 Å². The van der Waals surface area contributed by atoms with E-state index in [2.05, 4.69) is 10.3 Å². The van der Waals surface area contributed by atoms with Crippen LogP contribution in [0.5, 0.6) is 0 Å². The Bertz CT molecular complexity index is 663. The molecule has 2 N–H and O–H groups in total. The molecule has 0 bridgehead atoms. The average molecular weight is 289 g/mol. The summed E-state index contributed by atoms with van der Waals surface area (Å²) >= 11 is 0. The summed E-state index contributed by atoms with van der Waals surface area (Å²) in [5, 5.41) is 11.9. The lowest BCUT2D eigenvalue weighted by Crippen LogP contribution is -2.40. The quantitative estimate of drug-likeness (QED) is 0.906. The van der Waals surface area contributed by atoms with Crippen LogP contribution in [0.3, 0.4) is 0 Å². The van der Waals surface area contributed by atoms with Gasteiger partial charge < -0.3 is 19.7 Å². The Hall–Kier alpha value is -2.08. The largest absolute Gasteiger partial charge is 0.440 e. The zero-order valence-electron chi connectivity index (χ0n) is 12.2. The number of oxazole rings is 1. The minimum Gasteiger partial charge on any atom is -0.440 e. The van der Waals surface area contributed by atoms with E-state index in [-0.39, 0.29) is 18.7 Å². The van der Waals surface area contributed by atoms with Gasteiger partial charge >= 0.3 is 6.03 Å². The molecule has 0 saturated heterocycles. The first-order valence-electron chi connectivity index (χ1n) is 7.13. The highest BCUT2D eigenvalue weighted by molar-refractivity contribution is 5.91. The van der Waals surface area contributed by atoms with Gasteiger partial charge in [0.25, 0.3) is 0 Å². The van der Waals surface area contributed by atoms with E-state index in [1.54, 1.807) is 26.1 Å². The molecule has 6 nitrogen and oxygen atoms in total. The number of benzene rings is 1. The third-order valence-corrected chi connectivity index (χ3v) is 3.83. The minimum absolute atomic E-state index is 0.0736. The molecule has 1 unspecified atom stereocenters. The first kappa shape index (κ1) is 13.9. The van der Waals surface area contributed by atoms with E-state index in [0.29, 0.717) is 17.2 Å². The van der Waals surface area contributed by atoms with Crippen LogP contribution in [-0.4, -0.2) is 40.7 Å². The summed E-state index contributed by atoms with van der Waals surface area (Å²) in [7, 11) is 1.65. The molecule has 0 aliphatic heterocycles. The molecular formula is C15H19N3O3. The molecule has 1 heterocycles. The van der Waals surface area contributed by atoms with Crippen molar-refractivity contribution in [2.75, 3.05) is 19.0 Å². The molecule has 0 radical (unpaired) electrons. The van der Waals surface area contributed by atoms with Gasteiger partial charge in [-0.15, -0.1) is 0 Å². The summed E-state index contributed by atoms with van der Waals surface area (Å²) < 4.78 is 5.73. The predicted molar refractivity (Wildman–Crippen MR) is 79.3 cm³/mol. The lowest BCUT2D eigenvalue weighted by atomic mass is 10.3. The monoisotopic (exact) mass is 289 g/mol. The molecule has 1 aromatic heterocycles. The number of carbonyl (C=O) groups is 1. The topological polar surface area (TPSA) is 78.6 Å². The number of amides is 2. The van der Waals surface area contributed by atoms with Crippen molar-refractivity contribution >= 4 is 22.8 Å². The third-order valence-electron chi connectivity index (χ3n) is 3.83. The Balaban J connectivity index is 1.76. The summed E-state index contributed by atoms with van der Waals surface area (Å²) in [6.07, 6.45) is 2.28. The fourth-order valence-corrected chi connectivity index (χ4v) is 2.06. The highest BCUT2D eigenvalue weighted by Crippen LogP contribution is 2.40. The van der Waals surface area contributed by atoms with Gasteiger partial charge in [-0.1, -0.05) is 0 Å². The fourth-order valence-electron chi connectivity index (χ4n) is 2.06. The van der Waals surface area contributed by atoms with Gasteiger partial charge in [0.2, 0.25) is 0 Å². The molecule has 112 valence electrons.